The van der Waals surface area contributed by atoms with E-state index in [9.17, 15) is 10.2 Å². The van der Waals surface area contributed by atoms with E-state index < -0.39 is 12.2 Å². The van der Waals surface area contributed by atoms with Gasteiger partial charge in [0.2, 0.25) is 0 Å². The van der Waals surface area contributed by atoms with Crippen LogP contribution in [0.25, 0.3) is 32.6 Å². The summed E-state index contributed by atoms with van der Waals surface area (Å²) in [4.78, 5) is 9.25. The number of fused-ring (bicyclic) bond motifs is 9. The summed E-state index contributed by atoms with van der Waals surface area (Å²) in [6, 6.07) is 35.3. The second-order valence-electron chi connectivity index (χ2n) is 18.3. The highest BCUT2D eigenvalue weighted by molar-refractivity contribution is 5.84. The first kappa shape index (κ1) is 36.2. The van der Waals surface area contributed by atoms with Crippen molar-refractivity contribution in [1.29, 1.82) is 0 Å². The molecule has 6 fully saturated rings. The molecule has 6 aromatic rings. The van der Waals surface area contributed by atoms with Gasteiger partial charge in [0.25, 0.3) is 0 Å². The molecule has 6 nitrogen and oxygen atoms in total. The Kier molecular flexibility index (Phi) is 9.25. The third kappa shape index (κ3) is 6.07. The summed E-state index contributed by atoms with van der Waals surface area (Å²) < 4.78 is 1.92. The zero-order chi connectivity index (χ0) is 38.0. The van der Waals surface area contributed by atoms with Crippen LogP contribution < -0.4 is 0 Å². The van der Waals surface area contributed by atoms with Crippen LogP contribution in [0.1, 0.15) is 86.8 Å². The summed E-state index contributed by atoms with van der Waals surface area (Å²) >= 11 is 0. The molecule has 0 spiro atoms. The third-order valence-electron chi connectivity index (χ3n) is 15.7. The van der Waals surface area contributed by atoms with Crippen molar-refractivity contribution in [2.24, 2.45) is 23.7 Å². The van der Waals surface area contributed by atoms with Crippen molar-refractivity contribution in [3.63, 3.8) is 0 Å². The number of aromatic nitrogens is 2. The highest BCUT2D eigenvalue weighted by atomic mass is 16.3. The SMILES string of the molecule is CCC1C[N+]2(Cc3ccc4ccc(C[N+]56CCC(CC5[C@H](O)c5ccnc7ccccc57)C(CC)C6)cc4c3)CCC1CC2[C@H](O)c1ccnc2ccccc12. The molecule has 8 heterocycles. The standard InChI is InChI=1S/C50H58N4O2/c1-3-35-31-53(23-19-38(35)27-47(53)49(55)43-17-21-51-45-11-7-5-9-41(43)45)29-33-13-15-37-16-14-34(26-40(37)25-33)30-54-24-20-39(36(4-2)32-54)28-48(54)50(56)44-18-22-52-46-12-8-6-10-42(44)46/h5-18,21-22,25-26,35-36,38-39,47-50,55-56H,3-4,19-20,23-24,27-32H2,1-2H3/q+2/t35?,36?,38?,39?,47?,48?,49-,50-,53?,54?/m1/s1. The van der Waals surface area contributed by atoms with Crippen molar-refractivity contribution in [3.8, 4) is 0 Å². The molecule has 6 heteroatoms. The third-order valence-corrected chi connectivity index (χ3v) is 15.7. The smallest absolute Gasteiger partial charge is 0.131 e. The fourth-order valence-corrected chi connectivity index (χ4v) is 12.8. The van der Waals surface area contributed by atoms with Gasteiger partial charge in [0.1, 0.15) is 37.4 Å². The maximum atomic E-state index is 12.3. The number of para-hydroxylation sites is 2. The molecule has 0 aliphatic carbocycles. The number of aliphatic hydroxyl groups excluding tert-OH is 2. The van der Waals surface area contributed by atoms with Gasteiger partial charge >= 0.3 is 0 Å². The molecule has 12 rings (SSSR count). The van der Waals surface area contributed by atoms with Crippen molar-refractivity contribution in [3.05, 3.63) is 132 Å². The Morgan fingerprint density at radius 3 is 1.52 bits per heavy atom. The molecule has 56 heavy (non-hydrogen) atoms. The number of quaternary nitrogens is 2. The maximum absolute atomic E-state index is 12.3. The summed E-state index contributed by atoms with van der Waals surface area (Å²) in [5.41, 5.74) is 6.72. The quantitative estimate of drug-likeness (QED) is 0.137. The van der Waals surface area contributed by atoms with E-state index in [-0.39, 0.29) is 12.1 Å². The van der Waals surface area contributed by atoms with Crippen molar-refractivity contribution >= 4 is 32.6 Å². The van der Waals surface area contributed by atoms with Crippen LogP contribution in [0.4, 0.5) is 0 Å². The molecule has 8 unspecified atom stereocenters. The number of benzene rings is 4. The molecule has 288 valence electrons. The van der Waals surface area contributed by atoms with Crippen LogP contribution in [0.2, 0.25) is 0 Å². The topological polar surface area (TPSA) is 66.2 Å². The number of aliphatic hydroxyl groups is 2. The fourth-order valence-electron chi connectivity index (χ4n) is 12.8. The summed E-state index contributed by atoms with van der Waals surface area (Å²) in [6.07, 6.45) is 9.77. The number of nitrogens with zero attached hydrogens (tertiary/aromatic N) is 4. The minimum atomic E-state index is -0.529. The molecule has 10 atom stereocenters. The van der Waals surface area contributed by atoms with Gasteiger partial charge in [0.15, 0.2) is 0 Å². The highest BCUT2D eigenvalue weighted by Crippen LogP contribution is 2.50. The van der Waals surface area contributed by atoms with Gasteiger partial charge in [-0.15, -0.1) is 0 Å². The molecule has 2 aromatic heterocycles. The van der Waals surface area contributed by atoms with Crippen LogP contribution in [-0.4, -0.2) is 67.4 Å². The Hall–Kier alpha value is -4.20. The predicted octanol–water partition coefficient (Wildman–Crippen LogP) is 9.67. The molecule has 6 saturated heterocycles. The number of piperidine rings is 6. The maximum Gasteiger partial charge on any atom is 0.131 e. The molecule has 4 bridgehead atoms. The predicted molar refractivity (Wildman–Crippen MR) is 225 cm³/mol. The molecular formula is C50H58N4O2+2. The van der Waals surface area contributed by atoms with Gasteiger partial charge in [-0.3, -0.25) is 9.97 Å². The van der Waals surface area contributed by atoms with E-state index in [1.165, 1.54) is 47.6 Å². The average molecular weight is 747 g/mol. The van der Waals surface area contributed by atoms with Crippen LogP contribution in [0, 0.1) is 23.7 Å². The van der Waals surface area contributed by atoms with Gasteiger partial charge in [-0.2, -0.15) is 0 Å². The van der Waals surface area contributed by atoms with E-state index in [1.54, 1.807) is 0 Å². The Bertz CT molecular complexity index is 2220. The van der Waals surface area contributed by atoms with Gasteiger partial charge in [-0.05, 0) is 83.0 Å². The van der Waals surface area contributed by atoms with Gasteiger partial charge in [0.05, 0.1) is 37.2 Å². The summed E-state index contributed by atoms with van der Waals surface area (Å²) in [5.74, 6) is 2.78. The van der Waals surface area contributed by atoms with E-state index >= 15 is 0 Å². The van der Waals surface area contributed by atoms with E-state index in [0.29, 0.717) is 23.7 Å². The normalized spacial score (nSPS) is 30.9. The van der Waals surface area contributed by atoms with Crippen molar-refractivity contribution in [1.82, 2.24) is 9.97 Å². The highest BCUT2D eigenvalue weighted by Gasteiger charge is 2.55. The van der Waals surface area contributed by atoms with E-state index in [4.69, 9.17) is 0 Å². The summed E-state index contributed by atoms with van der Waals surface area (Å²) in [6.45, 7) is 11.2. The molecule has 0 amide bonds. The fraction of sp³-hybridized carbons (Fsp3) is 0.440. The van der Waals surface area contributed by atoms with E-state index in [2.05, 4.69) is 109 Å². The van der Waals surface area contributed by atoms with Crippen LogP contribution in [0.3, 0.4) is 0 Å². The van der Waals surface area contributed by atoms with Crippen molar-refractivity contribution in [2.45, 2.75) is 89.8 Å². The number of rotatable bonds is 10. The number of hydrogen-bond acceptors (Lipinski definition) is 4. The molecular weight excluding hydrogens is 689 g/mol. The first-order valence-electron chi connectivity index (χ1n) is 21.6. The van der Waals surface area contributed by atoms with E-state index in [1.807, 2.05) is 24.5 Å². The first-order valence-corrected chi connectivity index (χ1v) is 21.6. The lowest BCUT2D eigenvalue weighted by Gasteiger charge is -2.58. The molecule has 2 N–H and O–H groups in total. The second kappa shape index (κ2) is 14.3. The zero-order valence-corrected chi connectivity index (χ0v) is 33.2. The zero-order valence-electron chi connectivity index (χ0n) is 33.2. The van der Waals surface area contributed by atoms with Crippen LogP contribution >= 0.6 is 0 Å². The molecule has 6 aliphatic rings. The van der Waals surface area contributed by atoms with Crippen molar-refractivity contribution in [2.75, 3.05) is 26.2 Å². The number of pyridine rings is 2. The minimum absolute atomic E-state index is 0.162. The molecule has 6 aliphatic heterocycles. The second-order valence-corrected chi connectivity index (χ2v) is 18.3. The molecule has 0 radical (unpaired) electrons. The molecule has 0 saturated carbocycles. The molecule has 4 aromatic carbocycles. The van der Waals surface area contributed by atoms with Crippen LogP contribution in [0.5, 0.6) is 0 Å². The minimum Gasteiger partial charge on any atom is -0.382 e. The van der Waals surface area contributed by atoms with Gasteiger partial charge < -0.3 is 19.2 Å². The summed E-state index contributed by atoms with van der Waals surface area (Å²) in [7, 11) is 0. The number of hydrogen-bond donors (Lipinski definition) is 2. The monoisotopic (exact) mass is 746 g/mol. The van der Waals surface area contributed by atoms with Gasteiger partial charge in [0, 0.05) is 71.8 Å². The Balaban J connectivity index is 0.970. The van der Waals surface area contributed by atoms with Gasteiger partial charge in [-0.1, -0.05) is 74.5 Å². The largest absolute Gasteiger partial charge is 0.382 e. The average Bonchev–Trinajstić information content (AvgIpc) is 3.25. The Morgan fingerprint density at radius 1 is 0.589 bits per heavy atom. The Labute approximate surface area is 332 Å². The lowest BCUT2D eigenvalue weighted by atomic mass is 9.70. The van der Waals surface area contributed by atoms with Crippen LogP contribution in [0.15, 0.2) is 109 Å². The summed E-state index contributed by atoms with van der Waals surface area (Å²) in [5, 5.41) is 29.4. The first-order chi connectivity index (χ1) is 27.4. The Morgan fingerprint density at radius 2 is 1.05 bits per heavy atom. The van der Waals surface area contributed by atoms with Crippen LogP contribution in [-0.2, 0) is 13.1 Å². The van der Waals surface area contributed by atoms with Crippen molar-refractivity contribution < 1.29 is 19.2 Å². The lowest BCUT2D eigenvalue weighted by Crippen LogP contribution is -2.67. The lowest BCUT2D eigenvalue weighted by molar-refractivity contribution is -0.985. The van der Waals surface area contributed by atoms with Gasteiger partial charge in [-0.25, -0.2) is 0 Å². The van der Waals surface area contributed by atoms with E-state index in [0.717, 1.165) is 94.0 Å².